The summed E-state index contributed by atoms with van der Waals surface area (Å²) in [4.78, 5) is 14.2. The van der Waals surface area contributed by atoms with Crippen LogP contribution in [0.15, 0.2) is 0 Å². The first-order valence-electron chi connectivity index (χ1n) is 7.25. The zero-order chi connectivity index (χ0) is 14.7. The molecule has 0 bridgehead atoms. The highest BCUT2D eigenvalue weighted by molar-refractivity contribution is 5.68. The van der Waals surface area contributed by atoms with Gasteiger partial charge in [-0.05, 0) is 51.9 Å². The molecule has 1 amide bonds. The Balaban J connectivity index is 2.73. The summed E-state index contributed by atoms with van der Waals surface area (Å²) in [6.07, 6.45) is 3.48. The number of ether oxygens (including phenoxy) is 1. The Morgan fingerprint density at radius 3 is 2.58 bits per heavy atom. The van der Waals surface area contributed by atoms with Crippen LogP contribution in [0.3, 0.4) is 0 Å². The highest BCUT2D eigenvalue weighted by Crippen LogP contribution is 2.34. The van der Waals surface area contributed by atoms with Crippen molar-refractivity contribution in [2.75, 3.05) is 13.2 Å². The molecule has 1 aliphatic rings. The molecule has 1 atom stereocenters. The van der Waals surface area contributed by atoms with Gasteiger partial charge in [0.05, 0.1) is 0 Å². The Morgan fingerprint density at radius 2 is 2.05 bits per heavy atom. The number of nitrogens with zero attached hydrogens (tertiary/aromatic N) is 1. The third kappa shape index (κ3) is 5.39. The molecular weight excluding hydrogens is 242 g/mol. The van der Waals surface area contributed by atoms with E-state index in [1.165, 1.54) is 0 Å². The number of carbonyl (C=O) groups excluding carboxylic acids is 1. The molecule has 1 fully saturated rings. The average Bonchev–Trinajstić information content (AvgIpc) is 2.24. The maximum atomic E-state index is 12.3. The van der Waals surface area contributed by atoms with Crippen LogP contribution in [0.2, 0.25) is 0 Å². The van der Waals surface area contributed by atoms with Gasteiger partial charge in [-0.1, -0.05) is 13.8 Å². The summed E-state index contributed by atoms with van der Waals surface area (Å²) in [7, 11) is 0. The van der Waals surface area contributed by atoms with E-state index in [9.17, 15) is 4.79 Å². The second-order valence-corrected chi connectivity index (χ2v) is 7.33. The van der Waals surface area contributed by atoms with Crippen LogP contribution in [0.25, 0.3) is 0 Å². The van der Waals surface area contributed by atoms with Crippen LogP contribution in [0, 0.1) is 5.41 Å². The predicted molar refractivity (Wildman–Crippen MR) is 76.1 cm³/mol. The third-order valence-corrected chi connectivity index (χ3v) is 3.52. The largest absolute Gasteiger partial charge is 0.444 e. The number of hydrogen-bond acceptors (Lipinski definition) is 3. The second-order valence-electron chi connectivity index (χ2n) is 7.33. The minimum atomic E-state index is -0.458. The smallest absolute Gasteiger partial charge is 0.410 e. The Bertz CT molecular complexity index is 307. The predicted octanol–water partition coefficient (Wildman–Crippen LogP) is 3.18. The van der Waals surface area contributed by atoms with E-state index in [2.05, 4.69) is 13.8 Å². The minimum Gasteiger partial charge on any atom is -0.444 e. The van der Waals surface area contributed by atoms with Gasteiger partial charge in [0.1, 0.15) is 5.60 Å². The van der Waals surface area contributed by atoms with Gasteiger partial charge < -0.3 is 14.7 Å². The zero-order valence-corrected chi connectivity index (χ0v) is 13.0. The van der Waals surface area contributed by atoms with E-state index in [1.807, 2.05) is 25.7 Å². The summed E-state index contributed by atoms with van der Waals surface area (Å²) in [5.74, 6) is 0. The van der Waals surface area contributed by atoms with Crippen molar-refractivity contribution in [1.82, 2.24) is 4.90 Å². The SMILES string of the molecule is CC1(C)CCC(CCCO)N(C(=O)OC(C)(C)C)C1. The van der Waals surface area contributed by atoms with Gasteiger partial charge in [0.25, 0.3) is 0 Å². The van der Waals surface area contributed by atoms with Crippen molar-refractivity contribution < 1.29 is 14.6 Å². The molecule has 0 aromatic rings. The van der Waals surface area contributed by atoms with Crippen LogP contribution >= 0.6 is 0 Å². The van der Waals surface area contributed by atoms with Crippen molar-refractivity contribution in [3.63, 3.8) is 0 Å². The number of amides is 1. The lowest BCUT2D eigenvalue weighted by atomic mass is 9.80. The number of likely N-dealkylation sites (tertiary alicyclic amines) is 1. The molecule has 0 saturated carbocycles. The molecule has 0 radical (unpaired) electrons. The van der Waals surface area contributed by atoms with Crippen molar-refractivity contribution in [2.45, 2.75) is 71.9 Å². The Morgan fingerprint density at radius 1 is 1.42 bits per heavy atom. The summed E-state index contributed by atoms with van der Waals surface area (Å²) in [6.45, 7) is 11.0. The molecule has 1 heterocycles. The van der Waals surface area contributed by atoms with E-state index in [0.717, 1.165) is 32.2 Å². The molecule has 112 valence electrons. The van der Waals surface area contributed by atoms with Crippen molar-refractivity contribution in [2.24, 2.45) is 5.41 Å². The summed E-state index contributed by atoms with van der Waals surface area (Å²) < 4.78 is 5.51. The summed E-state index contributed by atoms with van der Waals surface area (Å²) in [5, 5.41) is 8.98. The van der Waals surface area contributed by atoms with Crippen LogP contribution in [0.5, 0.6) is 0 Å². The van der Waals surface area contributed by atoms with E-state index >= 15 is 0 Å². The minimum absolute atomic E-state index is 0.145. The zero-order valence-electron chi connectivity index (χ0n) is 13.0. The van der Waals surface area contributed by atoms with Crippen LogP contribution in [0.4, 0.5) is 4.79 Å². The molecule has 0 aromatic heterocycles. The third-order valence-electron chi connectivity index (χ3n) is 3.52. The van der Waals surface area contributed by atoms with E-state index in [0.29, 0.717) is 0 Å². The number of aliphatic hydroxyl groups is 1. The van der Waals surface area contributed by atoms with E-state index in [-0.39, 0.29) is 24.2 Å². The number of aliphatic hydroxyl groups excluding tert-OH is 1. The molecule has 0 aliphatic carbocycles. The highest BCUT2D eigenvalue weighted by Gasteiger charge is 2.37. The average molecular weight is 271 g/mol. The lowest BCUT2D eigenvalue weighted by molar-refractivity contribution is -0.00960. The fourth-order valence-electron chi connectivity index (χ4n) is 2.54. The van der Waals surface area contributed by atoms with Crippen LogP contribution in [0.1, 0.15) is 60.3 Å². The van der Waals surface area contributed by atoms with Gasteiger partial charge in [0.2, 0.25) is 0 Å². The second kappa shape index (κ2) is 6.12. The number of piperidine rings is 1. The molecule has 1 saturated heterocycles. The molecule has 19 heavy (non-hydrogen) atoms. The molecule has 0 spiro atoms. The Kier molecular flexibility index (Phi) is 5.25. The van der Waals surface area contributed by atoms with Crippen LogP contribution in [-0.4, -0.2) is 40.9 Å². The normalized spacial score (nSPS) is 23.3. The van der Waals surface area contributed by atoms with Crippen molar-refractivity contribution >= 4 is 6.09 Å². The van der Waals surface area contributed by atoms with E-state index in [1.54, 1.807) is 0 Å². The fraction of sp³-hybridized carbons (Fsp3) is 0.933. The molecular formula is C15H29NO3. The van der Waals surface area contributed by atoms with Gasteiger partial charge in [0, 0.05) is 19.2 Å². The molecule has 1 rings (SSSR count). The van der Waals surface area contributed by atoms with Gasteiger partial charge in [-0.15, -0.1) is 0 Å². The highest BCUT2D eigenvalue weighted by atomic mass is 16.6. The number of carbonyl (C=O) groups is 1. The molecule has 4 nitrogen and oxygen atoms in total. The van der Waals surface area contributed by atoms with Gasteiger partial charge in [-0.25, -0.2) is 4.79 Å². The van der Waals surface area contributed by atoms with Gasteiger partial charge >= 0.3 is 6.09 Å². The molecule has 1 unspecified atom stereocenters. The molecule has 1 N–H and O–H groups in total. The maximum absolute atomic E-state index is 12.3. The first-order valence-corrected chi connectivity index (χ1v) is 7.25. The fourth-order valence-corrected chi connectivity index (χ4v) is 2.54. The lowest BCUT2D eigenvalue weighted by Gasteiger charge is -2.44. The van der Waals surface area contributed by atoms with Gasteiger partial charge in [-0.3, -0.25) is 0 Å². The Hall–Kier alpha value is -0.770. The lowest BCUT2D eigenvalue weighted by Crippen LogP contribution is -2.51. The molecule has 1 aliphatic heterocycles. The quantitative estimate of drug-likeness (QED) is 0.857. The first-order chi connectivity index (χ1) is 8.64. The number of hydrogen-bond donors (Lipinski definition) is 1. The van der Waals surface area contributed by atoms with Crippen molar-refractivity contribution in [3.8, 4) is 0 Å². The molecule has 4 heteroatoms. The van der Waals surface area contributed by atoms with Gasteiger partial charge in [0.15, 0.2) is 0 Å². The summed E-state index contributed by atoms with van der Waals surface area (Å²) in [6, 6.07) is 0.204. The first kappa shape index (κ1) is 16.3. The van der Waals surface area contributed by atoms with E-state index < -0.39 is 5.60 Å². The standard InChI is InChI=1S/C15H29NO3/c1-14(2,3)19-13(18)16-11-15(4,5)9-8-12(16)7-6-10-17/h12,17H,6-11H2,1-5H3. The van der Waals surface area contributed by atoms with Crippen molar-refractivity contribution in [1.29, 1.82) is 0 Å². The van der Waals surface area contributed by atoms with Gasteiger partial charge in [-0.2, -0.15) is 0 Å². The van der Waals surface area contributed by atoms with Crippen molar-refractivity contribution in [3.05, 3.63) is 0 Å². The molecule has 0 aromatic carbocycles. The van der Waals surface area contributed by atoms with Crippen LogP contribution < -0.4 is 0 Å². The Labute approximate surface area is 117 Å². The maximum Gasteiger partial charge on any atom is 0.410 e. The number of rotatable bonds is 3. The van der Waals surface area contributed by atoms with Crippen LogP contribution in [-0.2, 0) is 4.74 Å². The summed E-state index contributed by atoms with van der Waals surface area (Å²) in [5.41, 5.74) is -0.313. The topological polar surface area (TPSA) is 49.8 Å². The monoisotopic (exact) mass is 271 g/mol. The summed E-state index contributed by atoms with van der Waals surface area (Å²) >= 11 is 0. The van der Waals surface area contributed by atoms with E-state index in [4.69, 9.17) is 9.84 Å².